The van der Waals surface area contributed by atoms with E-state index in [1.54, 1.807) is 30.9 Å². The molecule has 1 heterocycles. The Morgan fingerprint density at radius 3 is 2.32 bits per heavy atom. The number of amides is 2. The van der Waals surface area contributed by atoms with Gasteiger partial charge in [-0.3, -0.25) is 9.59 Å². The Labute approximate surface area is 202 Å². The highest BCUT2D eigenvalue weighted by Gasteiger charge is 2.32. The fourth-order valence-electron chi connectivity index (χ4n) is 4.19. The summed E-state index contributed by atoms with van der Waals surface area (Å²) in [6.45, 7) is 7.33. The van der Waals surface area contributed by atoms with Crippen LogP contribution < -0.4 is 19.8 Å². The monoisotopic (exact) mass is 486 g/mol. The minimum absolute atomic E-state index is 0.0283. The maximum atomic E-state index is 13.1. The predicted octanol–water partition coefficient (Wildman–Crippen LogP) is 2.67. The standard InChI is InChI=1S/C25H34N4O4S/c1-16(2)24(25(31)26-15-19-7-9-21(10-8-19)28(5)6)27-34(32,33)22-11-12-23-20(14-22)13-17(3)29(23)18(4)30/h7-12,14,16-17,24,27H,13,15H2,1-6H3,(H,26,31). The molecule has 0 aliphatic carbocycles. The number of hydrogen-bond donors (Lipinski definition) is 2. The third-order valence-electron chi connectivity index (χ3n) is 6.07. The van der Waals surface area contributed by atoms with E-state index in [1.807, 2.05) is 50.2 Å². The number of benzene rings is 2. The molecule has 0 saturated carbocycles. The maximum Gasteiger partial charge on any atom is 0.241 e. The van der Waals surface area contributed by atoms with E-state index < -0.39 is 16.1 Å². The smallest absolute Gasteiger partial charge is 0.241 e. The summed E-state index contributed by atoms with van der Waals surface area (Å²) in [4.78, 5) is 28.6. The molecule has 34 heavy (non-hydrogen) atoms. The van der Waals surface area contributed by atoms with E-state index in [1.165, 1.54) is 13.0 Å². The molecule has 2 amide bonds. The Kier molecular flexibility index (Phi) is 7.67. The third-order valence-corrected chi connectivity index (χ3v) is 7.51. The van der Waals surface area contributed by atoms with Crippen LogP contribution in [0, 0.1) is 5.92 Å². The lowest BCUT2D eigenvalue weighted by Gasteiger charge is -2.22. The molecule has 0 radical (unpaired) electrons. The average Bonchev–Trinajstić information content (AvgIpc) is 3.11. The van der Waals surface area contributed by atoms with Crippen molar-refractivity contribution in [3.05, 3.63) is 53.6 Å². The summed E-state index contributed by atoms with van der Waals surface area (Å²) >= 11 is 0. The molecule has 2 aromatic carbocycles. The Morgan fingerprint density at radius 2 is 1.76 bits per heavy atom. The number of nitrogens with one attached hydrogen (secondary N) is 2. The van der Waals surface area contributed by atoms with Crippen LogP contribution in [-0.4, -0.2) is 46.4 Å². The lowest BCUT2D eigenvalue weighted by Crippen LogP contribution is -2.49. The van der Waals surface area contributed by atoms with Gasteiger partial charge < -0.3 is 15.1 Å². The van der Waals surface area contributed by atoms with Gasteiger partial charge in [0, 0.05) is 45.0 Å². The number of rotatable bonds is 8. The molecule has 8 nitrogen and oxygen atoms in total. The molecule has 0 saturated heterocycles. The summed E-state index contributed by atoms with van der Waals surface area (Å²) in [6, 6.07) is 11.6. The Hall–Kier alpha value is -2.91. The molecule has 2 aromatic rings. The minimum atomic E-state index is -3.94. The van der Waals surface area contributed by atoms with Crippen molar-refractivity contribution in [1.82, 2.24) is 10.0 Å². The van der Waals surface area contributed by atoms with Gasteiger partial charge in [0.25, 0.3) is 0 Å². The predicted molar refractivity (Wildman–Crippen MR) is 134 cm³/mol. The molecule has 1 aliphatic rings. The van der Waals surface area contributed by atoms with Crippen LogP contribution in [0.25, 0.3) is 0 Å². The number of anilines is 2. The maximum absolute atomic E-state index is 13.1. The van der Waals surface area contributed by atoms with Gasteiger partial charge in [0.2, 0.25) is 21.8 Å². The lowest BCUT2D eigenvalue weighted by molar-refractivity contribution is -0.123. The molecule has 184 valence electrons. The Balaban J connectivity index is 1.72. The third kappa shape index (κ3) is 5.59. The van der Waals surface area contributed by atoms with Crippen LogP contribution in [0.5, 0.6) is 0 Å². The van der Waals surface area contributed by atoms with Gasteiger partial charge >= 0.3 is 0 Å². The van der Waals surface area contributed by atoms with Crippen molar-refractivity contribution in [3.63, 3.8) is 0 Å². The van der Waals surface area contributed by atoms with Crippen LogP contribution in [0.2, 0.25) is 0 Å². The van der Waals surface area contributed by atoms with Crippen LogP contribution >= 0.6 is 0 Å². The molecule has 2 atom stereocenters. The Morgan fingerprint density at radius 1 is 1.12 bits per heavy atom. The van der Waals surface area contributed by atoms with Crippen LogP contribution in [0.15, 0.2) is 47.4 Å². The van der Waals surface area contributed by atoms with Gasteiger partial charge in [-0.2, -0.15) is 4.72 Å². The van der Waals surface area contributed by atoms with Gasteiger partial charge in [-0.15, -0.1) is 0 Å². The topological polar surface area (TPSA) is 98.8 Å². The average molecular weight is 487 g/mol. The van der Waals surface area contributed by atoms with Gasteiger partial charge in [-0.25, -0.2) is 8.42 Å². The molecule has 0 aromatic heterocycles. The van der Waals surface area contributed by atoms with Crippen LogP contribution in [-0.2, 0) is 32.6 Å². The Bertz CT molecular complexity index is 1160. The minimum Gasteiger partial charge on any atom is -0.378 e. The first kappa shape index (κ1) is 25.7. The second-order valence-corrected chi connectivity index (χ2v) is 11.1. The number of fused-ring (bicyclic) bond motifs is 1. The summed E-state index contributed by atoms with van der Waals surface area (Å²) in [5.74, 6) is -0.714. The molecular weight excluding hydrogens is 452 g/mol. The van der Waals surface area contributed by atoms with E-state index in [0.717, 1.165) is 22.5 Å². The van der Waals surface area contributed by atoms with Crippen LogP contribution in [0.1, 0.15) is 38.8 Å². The fraction of sp³-hybridized carbons (Fsp3) is 0.440. The van der Waals surface area contributed by atoms with Crippen molar-refractivity contribution in [2.75, 3.05) is 23.9 Å². The first-order valence-corrected chi connectivity index (χ1v) is 12.9. The first-order chi connectivity index (χ1) is 15.9. The highest BCUT2D eigenvalue weighted by molar-refractivity contribution is 7.89. The molecule has 9 heteroatoms. The molecule has 0 spiro atoms. The van der Waals surface area contributed by atoms with Gasteiger partial charge in [0.1, 0.15) is 6.04 Å². The van der Waals surface area contributed by atoms with E-state index in [4.69, 9.17) is 0 Å². The van der Waals surface area contributed by atoms with E-state index >= 15 is 0 Å². The highest BCUT2D eigenvalue weighted by Crippen LogP contribution is 2.34. The normalized spacial score (nSPS) is 16.3. The zero-order valence-corrected chi connectivity index (χ0v) is 21.4. The first-order valence-electron chi connectivity index (χ1n) is 11.4. The van der Waals surface area contributed by atoms with Crippen LogP contribution in [0.4, 0.5) is 11.4 Å². The number of carbonyl (C=O) groups is 2. The van der Waals surface area contributed by atoms with Crippen molar-refractivity contribution in [2.24, 2.45) is 5.92 Å². The number of nitrogens with zero attached hydrogens (tertiary/aromatic N) is 2. The van der Waals surface area contributed by atoms with Gasteiger partial charge in [0.15, 0.2) is 0 Å². The molecule has 3 rings (SSSR count). The van der Waals surface area contributed by atoms with E-state index in [-0.39, 0.29) is 28.7 Å². The van der Waals surface area contributed by atoms with E-state index in [0.29, 0.717) is 13.0 Å². The molecule has 2 unspecified atom stereocenters. The van der Waals surface area contributed by atoms with Gasteiger partial charge in [-0.1, -0.05) is 26.0 Å². The second kappa shape index (κ2) is 10.1. The summed E-state index contributed by atoms with van der Waals surface area (Å²) in [6.07, 6.45) is 0.582. The summed E-state index contributed by atoms with van der Waals surface area (Å²) in [5.41, 5.74) is 3.51. The molecular formula is C25H34N4O4S. The zero-order valence-electron chi connectivity index (χ0n) is 20.6. The van der Waals surface area contributed by atoms with Crippen molar-refractivity contribution in [2.45, 2.75) is 57.6 Å². The number of sulfonamides is 1. The van der Waals surface area contributed by atoms with Crippen molar-refractivity contribution in [1.29, 1.82) is 0 Å². The largest absolute Gasteiger partial charge is 0.378 e. The van der Waals surface area contributed by atoms with E-state index in [2.05, 4.69) is 10.0 Å². The van der Waals surface area contributed by atoms with Gasteiger partial charge in [-0.05, 0) is 60.7 Å². The summed E-state index contributed by atoms with van der Waals surface area (Å²) < 4.78 is 28.9. The number of hydrogen-bond acceptors (Lipinski definition) is 5. The molecule has 0 bridgehead atoms. The van der Waals surface area contributed by atoms with E-state index in [9.17, 15) is 18.0 Å². The summed E-state index contributed by atoms with van der Waals surface area (Å²) in [5, 5.41) is 2.85. The zero-order chi connectivity index (χ0) is 25.2. The number of carbonyl (C=O) groups excluding carboxylic acids is 2. The lowest BCUT2D eigenvalue weighted by atomic mass is 10.0. The fourth-order valence-corrected chi connectivity index (χ4v) is 5.59. The highest BCUT2D eigenvalue weighted by atomic mass is 32.2. The quantitative estimate of drug-likeness (QED) is 0.598. The van der Waals surface area contributed by atoms with Crippen LogP contribution in [0.3, 0.4) is 0 Å². The molecule has 0 fully saturated rings. The summed E-state index contributed by atoms with van der Waals surface area (Å²) in [7, 11) is -0.0334. The van der Waals surface area contributed by atoms with Crippen molar-refractivity contribution < 1.29 is 18.0 Å². The molecule has 2 N–H and O–H groups in total. The SMILES string of the molecule is CC(=O)N1c2ccc(S(=O)(=O)NC(C(=O)NCc3ccc(N(C)C)cc3)C(C)C)cc2CC1C. The van der Waals surface area contributed by atoms with Gasteiger partial charge in [0.05, 0.1) is 4.90 Å². The molecule has 1 aliphatic heterocycles. The van der Waals surface area contributed by atoms with Crippen molar-refractivity contribution >= 4 is 33.2 Å². The second-order valence-electron chi connectivity index (χ2n) is 9.35. The van der Waals surface area contributed by atoms with Crippen molar-refractivity contribution in [3.8, 4) is 0 Å².